The highest BCUT2D eigenvalue weighted by Gasteiger charge is 2.66. The quantitative estimate of drug-likeness (QED) is 0.341. The molecule has 0 radical (unpaired) electrons. The van der Waals surface area contributed by atoms with E-state index in [1.54, 1.807) is 0 Å². The fourth-order valence-corrected chi connectivity index (χ4v) is 3.56. The van der Waals surface area contributed by atoms with Gasteiger partial charge in [0.2, 0.25) is 0 Å². The molecule has 0 aliphatic heterocycles. The Balaban J connectivity index is 5.82. The summed E-state index contributed by atoms with van der Waals surface area (Å²) in [6, 6.07) is 0. The highest BCUT2D eigenvalue weighted by atomic mass is 31.2. The normalized spacial score (nSPS) is 13.7. The Labute approximate surface area is 119 Å². The molecule has 0 bridgehead atoms. The SMILES string of the molecule is CC(C)(C)OC(=O)OC(CC(=O)O)(P(=O)(O)O)P(=O)(O)O. The lowest BCUT2D eigenvalue weighted by Gasteiger charge is -2.33. The molecule has 0 unspecified atom stereocenters. The highest BCUT2D eigenvalue weighted by molar-refractivity contribution is 7.72. The third-order valence-corrected chi connectivity index (χ3v) is 5.81. The molecule has 0 aliphatic carbocycles. The number of carboxylic acid groups (broad SMARTS) is 1. The van der Waals surface area contributed by atoms with Crippen LogP contribution in [0.1, 0.15) is 27.2 Å². The lowest BCUT2D eigenvalue weighted by Crippen LogP contribution is -2.39. The summed E-state index contributed by atoms with van der Waals surface area (Å²) in [5, 5.41) is 4.75. The predicted molar refractivity (Wildman–Crippen MR) is 66.4 cm³/mol. The summed E-state index contributed by atoms with van der Waals surface area (Å²) in [5.41, 5.74) is -1.20. The summed E-state index contributed by atoms with van der Waals surface area (Å²) in [6.45, 7) is 4.05. The number of ether oxygens (including phenoxy) is 2. The van der Waals surface area contributed by atoms with Gasteiger partial charge in [0.15, 0.2) is 0 Å². The average molecular weight is 350 g/mol. The zero-order chi connectivity index (χ0) is 17.3. The fourth-order valence-electron chi connectivity index (χ4n) is 1.13. The Morgan fingerprint density at radius 1 is 0.952 bits per heavy atom. The molecule has 0 heterocycles. The minimum Gasteiger partial charge on any atom is -0.481 e. The molecule has 0 spiro atoms. The molecule has 0 fully saturated rings. The van der Waals surface area contributed by atoms with Crippen LogP contribution in [-0.2, 0) is 23.4 Å². The van der Waals surface area contributed by atoms with Gasteiger partial charge in [-0.1, -0.05) is 0 Å². The highest BCUT2D eigenvalue weighted by Crippen LogP contribution is 2.71. The molecule has 0 saturated heterocycles. The third-order valence-electron chi connectivity index (χ3n) is 1.93. The van der Waals surface area contributed by atoms with E-state index in [0.29, 0.717) is 0 Å². The third kappa shape index (κ3) is 5.39. The molecule has 0 aliphatic rings. The van der Waals surface area contributed by atoms with Crippen LogP contribution in [0.4, 0.5) is 4.79 Å². The Kier molecular flexibility index (Phi) is 5.76. The summed E-state index contributed by atoms with van der Waals surface area (Å²) in [5.74, 6) is -2.00. The molecule has 11 nitrogen and oxygen atoms in total. The van der Waals surface area contributed by atoms with Crippen molar-refractivity contribution in [3.05, 3.63) is 0 Å². The first-order chi connectivity index (χ1) is 9.02. The molecular weight excluding hydrogens is 334 g/mol. The van der Waals surface area contributed by atoms with Crippen LogP contribution in [0.3, 0.4) is 0 Å². The zero-order valence-corrected chi connectivity index (χ0v) is 13.1. The molecule has 21 heavy (non-hydrogen) atoms. The fraction of sp³-hybridized carbons (Fsp3) is 0.750. The van der Waals surface area contributed by atoms with Gasteiger partial charge in [-0.15, -0.1) is 0 Å². The number of carbonyl (C=O) groups excluding carboxylic acids is 1. The molecule has 0 atom stereocenters. The number of carbonyl (C=O) groups is 2. The van der Waals surface area contributed by atoms with Crippen molar-refractivity contribution in [3.8, 4) is 0 Å². The van der Waals surface area contributed by atoms with Gasteiger partial charge < -0.3 is 34.2 Å². The topological polar surface area (TPSA) is 188 Å². The van der Waals surface area contributed by atoms with Gasteiger partial charge in [-0.3, -0.25) is 13.9 Å². The van der Waals surface area contributed by atoms with Crippen LogP contribution in [0, 0.1) is 0 Å². The number of hydrogen-bond donors (Lipinski definition) is 5. The van der Waals surface area contributed by atoms with Crippen molar-refractivity contribution < 1.29 is 52.9 Å². The molecule has 124 valence electrons. The van der Waals surface area contributed by atoms with Gasteiger partial charge in [-0.2, -0.15) is 0 Å². The van der Waals surface area contributed by atoms with Gasteiger partial charge >= 0.3 is 32.4 Å². The lowest BCUT2D eigenvalue weighted by molar-refractivity contribution is -0.140. The van der Waals surface area contributed by atoms with Gasteiger partial charge in [0.25, 0.3) is 0 Å². The Hall–Kier alpha value is -0.960. The zero-order valence-electron chi connectivity index (χ0n) is 11.3. The Bertz CT molecular complexity index is 485. The number of aliphatic carboxylic acids is 1. The van der Waals surface area contributed by atoms with Crippen molar-refractivity contribution in [1.82, 2.24) is 0 Å². The van der Waals surface area contributed by atoms with Crippen LogP contribution in [0.2, 0.25) is 0 Å². The van der Waals surface area contributed by atoms with E-state index in [1.165, 1.54) is 20.8 Å². The van der Waals surface area contributed by atoms with Gasteiger partial charge in [0.1, 0.15) is 12.0 Å². The van der Waals surface area contributed by atoms with Crippen molar-refractivity contribution in [3.63, 3.8) is 0 Å². The summed E-state index contributed by atoms with van der Waals surface area (Å²) < 4.78 is 31.3. The first-order valence-corrected chi connectivity index (χ1v) is 8.49. The van der Waals surface area contributed by atoms with Gasteiger partial charge in [0, 0.05) is 0 Å². The van der Waals surface area contributed by atoms with E-state index in [0.717, 1.165) is 0 Å². The molecule has 13 heteroatoms. The van der Waals surface area contributed by atoms with Gasteiger partial charge in [-0.25, -0.2) is 4.79 Å². The van der Waals surface area contributed by atoms with E-state index in [9.17, 15) is 18.7 Å². The van der Waals surface area contributed by atoms with Crippen LogP contribution in [-0.4, -0.2) is 47.5 Å². The molecular formula is C8H16O11P2. The largest absolute Gasteiger partial charge is 0.510 e. The van der Waals surface area contributed by atoms with E-state index in [2.05, 4.69) is 9.47 Å². The molecule has 0 rings (SSSR count). The van der Waals surface area contributed by atoms with Crippen molar-refractivity contribution in [2.75, 3.05) is 0 Å². The summed E-state index contributed by atoms with van der Waals surface area (Å²) in [6.07, 6.45) is -3.63. The number of carboxylic acids is 1. The second-order valence-corrected chi connectivity index (χ2v) is 8.94. The van der Waals surface area contributed by atoms with Gasteiger partial charge in [-0.05, 0) is 20.8 Å². The molecule has 0 amide bonds. The first kappa shape index (κ1) is 20.0. The van der Waals surface area contributed by atoms with Crippen molar-refractivity contribution >= 4 is 27.3 Å². The number of rotatable bonds is 5. The van der Waals surface area contributed by atoms with E-state index < -0.39 is 44.4 Å². The predicted octanol–water partition coefficient (Wildman–Crippen LogP) is 0.422. The van der Waals surface area contributed by atoms with Crippen LogP contribution in [0.25, 0.3) is 0 Å². The maximum atomic E-state index is 11.4. The standard InChI is InChI=1S/C8H16O11P2/c1-7(2,3)18-6(11)19-8(4-5(9)10,20(12,13)14)21(15,16)17/h4H2,1-3H3,(H,9,10)(H2,12,13,14)(H2,15,16,17). The summed E-state index contributed by atoms with van der Waals surface area (Å²) >= 11 is 0. The maximum Gasteiger partial charge on any atom is 0.510 e. The van der Waals surface area contributed by atoms with Crippen molar-refractivity contribution in [2.24, 2.45) is 0 Å². The van der Waals surface area contributed by atoms with E-state index >= 15 is 0 Å². The first-order valence-electron chi connectivity index (χ1n) is 5.27. The minimum atomic E-state index is -5.87. The molecule has 0 saturated carbocycles. The van der Waals surface area contributed by atoms with Crippen LogP contribution >= 0.6 is 15.2 Å². The van der Waals surface area contributed by atoms with Crippen molar-refractivity contribution in [2.45, 2.75) is 37.9 Å². The smallest absolute Gasteiger partial charge is 0.481 e. The van der Waals surface area contributed by atoms with E-state index in [1.807, 2.05) is 0 Å². The van der Waals surface area contributed by atoms with Gasteiger partial charge in [0.05, 0.1) is 0 Å². The average Bonchev–Trinajstić information content (AvgIpc) is 2.08. The van der Waals surface area contributed by atoms with Crippen molar-refractivity contribution in [1.29, 1.82) is 0 Å². The lowest BCUT2D eigenvalue weighted by atomic mass is 10.2. The molecule has 5 N–H and O–H groups in total. The Morgan fingerprint density at radius 2 is 1.33 bits per heavy atom. The summed E-state index contributed by atoms with van der Waals surface area (Å²) in [4.78, 5) is 58.4. The van der Waals surface area contributed by atoms with Crippen LogP contribution in [0.15, 0.2) is 0 Å². The second kappa shape index (κ2) is 6.04. The summed E-state index contributed by atoms with van der Waals surface area (Å²) in [7, 11) is -11.7. The van der Waals surface area contributed by atoms with E-state index in [-0.39, 0.29) is 0 Å². The minimum absolute atomic E-state index is 1.20. The number of hydrogen-bond acceptors (Lipinski definition) is 6. The van der Waals surface area contributed by atoms with Crippen LogP contribution in [0.5, 0.6) is 0 Å². The molecule has 0 aromatic rings. The van der Waals surface area contributed by atoms with E-state index in [4.69, 9.17) is 24.7 Å². The maximum absolute atomic E-state index is 11.4. The molecule has 0 aromatic carbocycles. The van der Waals surface area contributed by atoms with Crippen LogP contribution < -0.4 is 0 Å². The second-order valence-electron chi connectivity index (χ2n) is 4.97. The molecule has 0 aromatic heterocycles. The Morgan fingerprint density at radius 3 is 1.57 bits per heavy atom. The monoisotopic (exact) mass is 350 g/mol.